The molecule has 2 aliphatic carbocycles. The van der Waals surface area contributed by atoms with Crippen LogP contribution in [0.25, 0.3) is 0 Å². The van der Waals surface area contributed by atoms with Crippen LogP contribution >= 0.6 is 0 Å². The van der Waals surface area contributed by atoms with E-state index in [4.69, 9.17) is 9.47 Å². The number of hydrogen-bond acceptors (Lipinski definition) is 2. The van der Waals surface area contributed by atoms with Crippen molar-refractivity contribution in [2.75, 3.05) is 14.2 Å². The first-order valence-corrected chi connectivity index (χ1v) is 7.95. The second-order valence-corrected chi connectivity index (χ2v) is 7.35. The predicted molar refractivity (Wildman–Crippen MR) is 74.0 cm³/mol. The minimum atomic E-state index is -0.241. The van der Waals surface area contributed by atoms with Crippen molar-refractivity contribution in [3.05, 3.63) is 12.2 Å². The average Bonchev–Trinajstić information content (AvgIpc) is 2.96. The molecule has 0 saturated heterocycles. The highest BCUT2D eigenvalue weighted by molar-refractivity contribution is 6.13. The van der Waals surface area contributed by atoms with E-state index >= 15 is 0 Å². The Balaban J connectivity index is 1.62. The molecule has 2 rings (SSSR count). The van der Waals surface area contributed by atoms with Crippen molar-refractivity contribution in [2.45, 2.75) is 43.9 Å². The lowest BCUT2D eigenvalue weighted by Crippen LogP contribution is -2.34. The van der Waals surface area contributed by atoms with Gasteiger partial charge >= 0.3 is 0 Å². The smallest absolute Gasteiger partial charge is 0.140 e. The Labute approximate surface area is 108 Å². The summed E-state index contributed by atoms with van der Waals surface area (Å²) in [4.78, 5) is 0. The van der Waals surface area contributed by atoms with Crippen molar-refractivity contribution >= 4 is 10.2 Å². The largest absolute Gasteiger partial charge is 0.358 e. The Morgan fingerprint density at radius 3 is 2.47 bits per heavy atom. The summed E-state index contributed by atoms with van der Waals surface area (Å²) in [6, 6.07) is 0. The third-order valence-corrected chi connectivity index (χ3v) is 6.05. The molecule has 0 aromatic carbocycles. The third kappa shape index (κ3) is 3.21. The van der Waals surface area contributed by atoms with E-state index < -0.39 is 0 Å². The maximum Gasteiger partial charge on any atom is 0.140 e. The molecule has 98 valence electrons. The molecule has 3 unspecified atom stereocenters. The molecule has 0 aromatic rings. The Morgan fingerprint density at radius 2 is 1.94 bits per heavy atom. The van der Waals surface area contributed by atoms with E-state index in [1.54, 1.807) is 14.2 Å². The number of allylic oxidation sites excluding steroid dienone is 2. The molecule has 2 nitrogen and oxygen atoms in total. The second-order valence-electron chi connectivity index (χ2n) is 5.83. The molecule has 2 bridgehead atoms. The van der Waals surface area contributed by atoms with Crippen LogP contribution in [0.4, 0.5) is 0 Å². The topological polar surface area (TPSA) is 18.5 Å². The third-order valence-electron chi connectivity index (χ3n) is 4.74. The van der Waals surface area contributed by atoms with Gasteiger partial charge in [-0.1, -0.05) is 18.6 Å². The number of ether oxygens (including phenoxy) is 2. The van der Waals surface area contributed by atoms with Gasteiger partial charge in [-0.2, -0.15) is 0 Å². The molecular formula is C14H26O2Si. The summed E-state index contributed by atoms with van der Waals surface area (Å²) in [6.45, 7) is 0. The number of rotatable bonds is 7. The van der Waals surface area contributed by atoms with Crippen LogP contribution in [0.15, 0.2) is 12.2 Å². The first-order valence-electron chi connectivity index (χ1n) is 6.95. The molecule has 3 heteroatoms. The van der Waals surface area contributed by atoms with Gasteiger partial charge in [0.15, 0.2) is 0 Å². The Kier molecular flexibility index (Phi) is 4.45. The van der Waals surface area contributed by atoms with Crippen molar-refractivity contribution in [3.63, 3.8) is 0 Å². The zero-order valence-electron chi connectivity index (χ0n) is 11.4. The second kappa shape index (κ2) is 5.68. The van der Waals surface area contributed by atoms with E-state index in [0.29, 0.717) is 0 Å². The number of hydrogen-bond donors (Lipinski definition) is 0. The highest BCUT2D eigenvalue weighted by Gasteiger charge is 2.34. The lowest BCUT2D eigenvalue weighted by atomic mass is 9.89. The molecule has 0 N–H and O–H groups in total. The summed E-state index contributed by atoms with van der Waals surface area (Å²) >= 11 is 0. The molecule has 0 radical (unpaired) electrons. The summed E-state index contributed by atoms with van der Waals surface area (Å²) < 4.78 is 10.9. The first kappa shape index (κ1) is 13.3. The molecular weight excluding hydrogens is 228 g/mol. The van der Waals surface area contributed by atoms with Crippen molar-refractivity contribution in [1.29, 1.82) is 0 Å². The standard InChI is InChI=1S/C14H26O2Si/c1-15-14(17,16-2)8-4-3-5-12-9-11-6-7-13(12)10-11/h6-7,11-13H,3-5,8-10H2,1-2,17H3. The van der Waals surface area contributed by atoms with Crippen LogP contribution in [0.1, 0.15) is 38.5 Å². The zero-order chi connectivity index (χ0) is 12.3. The average molecular weight is 254 g/mol. The summed E-state index contributed by atoms with van der Waals surface area (Å²) in [5, 5.41) is 0. The molecule has 3 atom stereocenters. The first-order chi connectivity index (χ1) is 8.17. The number of fused-ring (bicyclic) bond motifs is 2. The minimum Gasteiger partial charge on any atom is -0.358 e. The molecule has 1 fully saturated rings. The Hall–Kier alpha value is -0.123. The molecule has 0 amide bonds. The fraction of sp³-hybridized carbons (Fsp3) is 0.857. The maximum absolute atomic E-state index is 5.44. The molecule has 2 aliphatic rings. The predicted octanol–water partition coefficient (Wildman–Crippen LogP) is 2.07. The van der Waals surface area contributed by atoms with Crippen LogP contribution in [0, 0.1) is 17.8 Å². The van der Waals surface area contributed by atoms with E-state index in [1.165, 1.54) is 32.1 Å². The normalized spacial score (nSPS) is 31.5. The van der Waals surface area contributed by atoms with Crippen LogP contribution in [0.2, 0.25) is 0 Å². The Bertz CT molecular complexity index is 273. The minimum absolute atomic E-state index is 0.241. The van der Waals surface area contributed by atoms with Crippen LogP contribution < -0.4 is 0 Å². The van der Waals surface area contributed by atoms with Crippen LogP contribution in [0.3, 0.4) is 0 Å². The van der Waals surface area contributed by atoms with E-state index in [2.05, 4.69) is 12.2 Å². The van der Waals surface area contributed by atoms with E-state index in [-0.39, 0.29) is 5.41 Å². The van der Waals surface area contributed by atoms with Gasteiger partial charge in [-0.15, -0.1) is 0 Å². The monoisotopic (exact) mass is 254 g/mol. The maximum atomic E-state index is 5.44. The van der Waals surface area contributed by atoms with Crippen LogP contribution in [-0.4, -0.2) is 29.9 Å². The van der Waals surface area contributed by atoms with E-state index in [0.717, 1.165) is 34.4 Å². The van der Waals surface area contributed by atoms with Crippen LogP contribution in [0.5, 0.6) is 0 Å². The fourth-order valence-corrected chi connectivity index (χ4v) is 3.72. The molecule has 0 aromatic heterocycles. The van der Waals surface area contributed by atoms with Gasteiger partial charge in [-0.05, 0) is 49.9 Å². The van der Waals surface area contributed by atoms with Gasteiger partial charge in [0.25, 0.3) is 0 Å². The lowest BCUT2D eigenvalue weighted by molar-refractivity contribution is -0.146. The van der Waals surface area contributed by atoms with Gasteiger partial charge in [0.05, 0.1) is 10.2 Å². The van der Waals surface area contributed by atoms with Crippen molar-refractivity contribution in [1.82, 2.24) is 0 Å². The number of methoxy groups -OCH3 is 2. The Morgan fingerprint density at radius 1 is 1.18 bits per heavy atom. The molecule has 0 heterocycles. The SMILES string of the molecule is COC([SiH3])(CCCCC1CC2C=CC1C2)OC. The zero-order valence-corrected chi connectivity index (χ0v) is 13.4. The number of unbranched alkanes of at least 4 members (excludes halogenated alkanes) is 1. The van der Waals surface area contributed by atoms with Gasteiger partial charge in [-0.3, -0.25) is 0 Å². The van der Waals surface area contributed by atoms with Crippen molar-refractivity contribution in [3.8, 4) is 0 Å². The van der Waals surface area contributed by atoms with Gasteiger partial charge in [-0.25, -0.2) is 0 Å². The molecule has 0 aliphatic heterocycles. The van der Waals surface area contributed by atoms with Gasteiger partial charge < -0.3 is 9.47 Å². The summed E-state index contributed by atoms with van der Waals surface area (Å²) in [6.07, 6.45) is 12.8. The summed E-state index contributed by atoms with van der Waals surface area (Å²) in [5.74, 6) is 2.80. The molecule has 17 heavy (non-hydrogen) atoms. The quantitative estimate of drug-likeness (QED) is 0.300. The van der Waals surface area contributed by atoms with Crippen molar-refractivity contribution in [2.24, 2.45) is 17.8 Å². The summed E-state index contributed by atoms with van der Waals surface area (Å²) in [7, 11) is 4.47. The summed E-state index contributed by atoms with van der Waals surface area (Å²) in [5.41, 5.74) is -0.241. The van der Waals surface area contributed by atoms with Gasteiger partial charge in [0.1, 0.15) is 5.41 Å². The van der Waals surface area contributed by atoms with E-state index in [1.807, 2.05) is 0 Å². The van der Waals surface area contributed by atoms with Gasteiger partial charge in [0.2, 0.25) is 0 Å². The molecule has 1 saturated carbocycles. The van der Waals surface area contributed by atoms with Crippen molar-refractivity contribution < 1.29 is 9.47 Å². The fourth-order valence-electron chi connectivity index (χ4n) is 3.37. The van der Waals surface area contributed by atoms with E-state index in [9.17, 15) is 0 Å². The van der Waals surface area contributed by atoms with Crippen LogP contribution in [-0.2, 0) is 9.47 Å². The lowest BCUT2D eigenvalue weighted by Gasteiger charge is -2.27. The van der Waals surface area contributed by atoms with Gasteiger partial charge in [0, 0.05) is 14.2 Å². The molecule has 0 spiro atoms. The highest BCUT2D eigenvalue weighted by atomic mass is 28.1. The highest BCUT2D eigenvalue weighted by Crippen LogP contribution is 2.45.